The Morgan fingerprint density at radius 2 is 2.00 bits per heavy atom. The standard InChI is InChI=1S/C15H12N6O2/c16-13(22)10-4-5-12(17-7-10)15(23)20-11-3-1-2-9(6-11)14-18-8-19-21-14/h1-8H,(H2,16,22)(H,20,23)(H,18,19,21). The Morgan fingerprint density at radius 3 is 2.65 bits per heavy atom. The van der Waals surface area contributed by atoms with E-state index in [1.165, 1.54) is 24.7 Å². The number of carbonyl (C=O) groups is 2. The zero-order chi connectivity index (χ0) is 16.2. The number of rotatable bonds is 4. The predicted molar refractivity (Wildman–Crippen MR) is 82.5 cm³/mol. The quantitative estimate of drug-likeness (QED) is 0.668. The first-order valence-corrected chi connectivity index (χ1v) is 6.66. The van der Waals surface area contributed by atoms with Gasteiger partial charge >= 0.3 is 0 Å². The zero-order valence-electron chi connectivity index (χ0n) is 11.9. The Labute approximate surface area is 130 Å². The lowest BCUT2D eigenvalue weighted by atomic mass is 10.2. The minimum Gasteiger partial charge on any atom is -0.366 e. The van der Waals surface area contributed by atoms with Crippen LogP contribution in [0.2, 0.25) is 0 Å². The van der Waals surface area contributed by atoms with Crippen molar-refractivity contribution in [2.45, 2.75) is 0 Å². The lowest BCUT2D eigenvalue weighted by Crippen LogP contribution is -2.16. The number of carbonyl (C=O) groups excluding carboxylic acids is 2. The van der Waals surface area contributed by atoms with E-state index in [9.17, 15) is 9.59 Å². The van der Waals surface area contributed by atoms with Gasteiger partial charge in [-0.1, -0.05) is 12.1 Å². The highest BCUT2D eigenvalue weighted by Crippen LogP contribution is 2.19. The van der Waals surface area contributed by atoms with E-state index in [1.807, 2.05) is 6.07 Å². The third-order valence-electron chi connectivity index (χ3n) is 3.09. The fraction of sp³-hybridized carbons (Fsp3) is 0. The number of aromatic nitrogens is 4. The molecule has 2 amide bonds. The van der Waals surface area contributed by atoms with Gasteiger partial charge in [0.2, 0.25) is 5.91 Å². The normalized spacial score (nSPS) is 10.3. The average Bonchev–Trinajstić information content (AvgIpc) is 3.10. The average molecular weight is 308 g/mol. The summed E-state index contributed by atoms with van der Waals surface area (Å²) in [7, 11) is 0. The third kappa shape index (κ3) is 3.21. The monoisotopic (exact) mass is 308 g/mol. The first kappa shape index (κ1) is 14.4. The summed E-state index contributed by atoms with van der Waals surface area (Å²) in [4.78, 5) is 31.1. The van der Waals surface area contributed by atoms with Crippen molar-refractivity contribution in [2.75, 3.05) is 5.32 Å². The molecule has 0 bridgehead atoms. The highest BCUT2D eigenvalue weighted by Gasteiger charge is 2.10. The van der Waals surface area contributed by atoms with E-state index < -0.39 is 11.8 Å². The number of nitrogens with zero attached hydrogens (tertiary/aromatic N) is 3. The number of anilines is 1. The van der Waals surface area contributed by atoms with Crippen molar-refractivity contribution in [3.8, 4) is 11.4 Å². The molecule has 0 saturated heterocycles. The predicted octanol–water partition coefficient (Wildman–Crippen LogP) is 1.22. The lowest BCUT2D eigenvalue weighted by Gasteiger charge is -2.06. The summed E-state index contributed by atoms with van der Waals surface area (Å²) in [6, 6.07) is 10.0. The zero-order valence-corrected chi connectivity index (χ0v) is 11.9. The summed E-state index contributed by atoms with van der Waals surface area (Å²) in [5.41, 5.74) is 6.93. The molecule has 23 heavy (non-hydrogen) atoms. The summed E-state index contributed by atoms with van der Waals surface area (Å²) in [6.45, 7) is 0. The molecule has 8 nitrogen and oxygen atoms in total. The molecule has 0 unspecified atom stereocenters. The number of pyridine rings is 1. The van der Waals surface area contributed by atoms with Crippen LogP contribution < -0.4 is 11.1 Å². The van der Waals surface area contributed by atoms with Crippen molar-refractivity contribution in [3.63, 3.8) is 0 Å². The number of hydrogen-bond donors (Lipinski definition) is 3. The molecular formula is C15H12N6O2. The van der Waals surface area contributed by atoms with Gasteiger partial charge < -0.3 is 11.1 Å². The molecule has 0 aliphatic rings. The second-order valence-electron chi connectivity index (χ2n) is 4.67. The first-order valence-electron chi connectivity index (χ1n) is 6.66. The highest BCUT2D eigenvalue weighted by atomic mass is 16.2. The summed E-state index contributed by atoms with van der Waals surface area (Å²) < 4.78 is 0. The van der Waals surface area contributed by atoms with Crippen LogP contribution in [-0.2, 0) is 0 Å². The van der Waals surface area contributed by atoms with E-state index >= 15 is 0 Å². The summed E-state index contributed by atoms with van der Waals surface area (Å²) in [6.07, 6.45) is 2.67. The van der Waals surface area contributed by atoms with Crippen molar-refractivity contribution < 1.29 is 9.59 Å². The van der Waals surface area contributed by atoms with Gasteiger partial charge in [0, 0.05) is 17.4 Å². The number of H-pyrrole nitrogens is 1. The van der Waals surface area contributed by atoms with Crippen LogP contribution in [0.15, 0.2) is 48.9 Å². The molecule has 0 spiro atoms. The van der Waals surface area contributed by atoms with Gasteiger partial charge in [0.05, 0.1) is 5.56 Å². The Kier molecular flexibility index (Phi) is 3.79. The molecule has 3 rings (SSSR count). The molecule has 8 heteroatoms. The van der Waals surface area contributed by atoms with Crippen LogP contribution in [0, 0.1) is 0 Å². The summed E-state index contributed by atoms with van der Waals surface area (Å²) in [5.74, 6) is -0.384. The van der Waals surface area contributed by atoms with Crippen LogP contribution in [-0.4, -0.2) is 32.0 Å². The Hall–Kier alpha value is -3.55. The number of amides is 2. The van der Waals surface area contributed by atoms with Crippen molar-refractivity contribution in [1.82, 2.24) is 20.2 Å². The second-order valence-corrected chi connectivity index (χ2v) is 4.67. The Morgan fingerprint density at radius 1 is 1.13 bits per heavy atom. The molecular weight excluding hydrogens is 296 g/mol. The molecule has 0 fully saturated rings. The minimum absolute atomic E-state index is 0.181. The van der Waals surface area contributed by atoms with E-state index in [0.717, 1.165) is 5.56 Å². The SMILES string of the molecule is NC(=O)c1ccc(C(=O)Nc2cccc(-c3ncn[nH]3)c2)nc1. The number of primary amides is 1. The van der Waals surface area contributed by atoms with Crippen LogP contribution >= 0.6 is 0 Å². The van der Waals surface area contributed by atoms with Crippen LogP contribution in [0.5, 0.6) is 0 Å². The maximum Gasteiger partial charge on any atom is 0.274 e. The lowest BCUT2D eigenvalue weighted by molar-refractivity contribution is 0.0993. The number of aromatic amines is 1. The van der Waals surface area contributed by atoms with E-state index in [0.29, 0.717) is 11.5 Å². The Bertz CT molecular complexity index is 843. The summed E-state index contributed by atoms with van der Waals surface area (Å²) >= 11 is 0. The molecule has 0 saturated carbocycles. The Balaban J connectivity index is 1.77. The van der Waals surface area contributed by atoms with Crippen LogP contribution in [0.3, 0.4) is 0 Å². The van der Waals surface area contributed by atoms with E-state index in [2.05, 4.69) is 25.5 Å². The van der Waals surface area contributed by atoms with Crippen LogP contribution in [0.25, 0.3) is 11.4 Å². The topological polar surface area (TPSA) is 127 Å². The smallest absolute Gasteiger partial charge is 0.274 e. The van der Waals surface area contributed by atoms with Gasteiger partial charge in [-0.3, -0.25) is 19.7 Å². The maximum atomic E-state index is 12.2. The van der Waals surface area contributed by atoms with Gasteiger partial charge in [-0.15, -0.1) is 0 Å². The van der Waals surface area contributed by atoms with Gasteiger partial charge in [0.1, 0.15) is 12.0 Å². The van der Waals surface area contributed by atoms with E-state index in [4.69, 9.17) is 5.73 Å². The molecule has 0 aliphatic heterocycles. The second kappa shape index (κ2) is 6.06. The first-order chi connectivity index (χ1) is 11.1. The molecule has 2 aromatic heterocycles. The van der Waals surface area contributed by atoms with Gasteiger partial charge in [-0.05, 0) is 24.3 Å². The highest BCUT2D eigenvalue weighted by molar-refractivity contribution is 6.03. The number of nitrogens with two attached hydrogens (primary N) is 1. The fourth-order valence-corrected chi connectivity index (χ4v) is 1.96. The van der Waals surface area contributed by atoms with Crippen LogP contribution in [0.1, 0.15) is 20.8 Å². The molecule has 0 radical (unpaired) electrons. The van der Waals surface area contributed by atoms with Crippen molar-refractivity contribution in [3.05, 3.63) is 60.2 Å². The van der Waals surface area contributed by atoms with Crippen molar-refractivity contribution in [1.29, 1.82) is 0 Å². The van der Waals surface area contributed by atoms with Gasteiger partial charge in [-0.2, -0.15) is 5.10 Å². The fourth-order valence-electron chi connectivity index (χ4n) is 1.96. The number of hydrogen-bond acceptors (Lipinski definition) is 5. The van der Waals surface area contributed by atoms with E-state index in [1.54, 1.807) is 18.2 Å². The summed E-state index contributed by atoms with van der Waals surface area (Å²) in [5, 5.41) is 9.27. The molecule has 114 valence electrons. The molecule has 0 aliphatic carbocycles. The molecule has 2 heterocycles. The van der Waals surface area contributed by atoms with Crippen LogP contribution in [0.4, 0.5) is 5.69 Å². The molecule has 1 aromatic carbocycles. The molecule has 3 aromatic rings. The number of benzene rings is 1. The third-order valence-corrected chi connectivity index (χ3v) is 3.09. The van der Waals surface area contributed by atoms with E-state index in [-0.39, 0.29) is 11.3 Å². The van der Waals surface area contributed by atoms with Gasteiger partial charge in [-0.25, -0.2) is 4.98 Å². The van der Waals surface area contributed by atoms with Gasteiger partial charge in [0.15, 0.2) is 5.82 Å². The van der Waals surface area contributed by atoms with Gasteiger partial charge in [0.25, 0.3) is 5.91 Å². The molecule has 0 atom stereocenters. The largest absolute Gasteiger partial charge is 0.366 e. The van der Waals surface area contributed by atoms with Crippen molar-refractivity contribution >= 4 is 17.5 Å². The number of nitrogens with one attached hydrogen (secondary N) is 2. The maximum absolute atomic E-state index is 12.2. The van der Waals surface area contributed by atoms with Crippen molar-refractivity contribution in [2.24, 2.45) is 5.73 Å². The molecule has 4 N–H and O–H groups in total. The minimum atomic E-state index is -0.593.